The number of alkyl halides is 3. The van der Waals surface area contributed by atoms with Gasteiger partial charge in [-0.15, -0.1) is 6.58 Å². The molecule has 0 nitrogen and oxygen atoms in total. The summed E-state index contributed by atoms with van der Waals surface area (Å²) in [5.41, 5.74) is -0.0636. The Balaban J connectivity index is 1.50. The topological polar surface area (TPSA) is 0 Å². The number of allylic oxidation sites excluding steroid dienone is 2. The minimum Gasteiger partial charge on any atom is -0.206 e. The van der Waals surface area contributed by atoms with Crippen LogP contribution < -0.4 is 0 Å². The number of rotatable bonds is 6. The van der Waals surface area contributed by atoms with Crippen LogP contribution in [0.2, 0.25) is 0 Å². The van der Waals surface area contributed by atoms with Gasteiger partial charge in [-0.1, -0.05) is 18.9 Å². The fraction of sp³-hybridized carbons (Fsp3) is 0.600. The molecule has 0 bridgehead atoms. The lowest BCUT2D eigenvalue weighted by Gasteiger charge is -2.31. The van der Waals surface area contributed by atoms with E-state index in [-0.39, 0.29) is 12.0 Å². The van der Waals surface area contributed by atoms with Gasteiger partial charge in [0, 0.05) is 11.6 Å². The third kappa shape index (κ3) is 6.42. The fourth-order valence-electron chi connectivity index (χ4n) is 5.15. The Labute approximate surface area is 176 Å². The zero-order valence-electron chi connectivity index (χ0n) is 17.4. The van der Waals surface area contributed by atoms with Gasteiger partial charge in [-0.05, 0) is 98.8 Å². The summed E-state index contributed by atoms with van der Waals surface area (Å²) in [6, 6.07) is 2.42. The molecule has 0 spiro atoms. The molecule has 0 atom stereocenters. The zero-order chi connectivity index (χ0) is 21.7. The first kappa shape index (κ1) is 23.0. The van der Waals surface area contributed by atoms with Gasteiger partial charge in [0.15, 0.2) is 0 Å². The Morgan fingerprint density at radius 3 is 1.80 bits per heavy atom. The van der Waals surface area contributed by atoms with E-state index < -0.39 is 23.4 Å². The first-order valence-electron chi connectivity index (χ1n) is 11.1. The van der Waals surface area contributed by atoms with Crippen LogP contribution in [-0.2, 0) is 0 Å². The lowest BCUT2D eigenvalue weighted by Crippen LogP contribution is -2.17. The van der Waals surface area contributed by atoms with E-state index in [1.54, 1.807) is 0 Å². The summed E-state index contributed by atoms with van der Waals surface area (Å²) in [5, 5.41) is 0. The summed E-state index contributed by atoms with van der Waals surface area (Å²) < 4.78 is 65.3. The third-order valence-electron chi connectivity index (χ3n) is 7.07. The monoisotopic (exact) mass is 426 g/mol. The highest BCUT2D eigenvalue weighted by molar-refractivity contribution is 5.52. The molecule has 0 amide bonds. The van der Waals surface area contributed by atoms with Crippen LogP contribution in [0.4, 0.5) is 22.0 Å². The van der Waals surface area contributed by atoms with Crippen molar-refractivity contribution in [1.29, 1.82) is 0 Å². The average molecular weight is 427 g/mol. The van der Waals surface area contributed by atoms with Crippen molar-refractivity contribution in [2.75, 3.05) is 0 Å². The standard InChI is InChI=1S/C25H31F5/c1-2-17-3-5-18(6-4-17)7-8-19-9-11-20(12-10-19)21-15-23(26)22(24(27)16-21)13-14-25(28,29)30/h2,13-20H,1,3-12H2/b14-13+. The SMILES string of the molecule is C=CC1CCC(CCC2CCC(c3cc(F)c(/C=C/C(F)(F)F)c(F)c3)CC2)CC1. The van der Waals surface area contributed by atoms with Crippen molar-refractivity contribution in [3.05, 3.63) is 53.6 Å². The Hall–Kier alpha value is -1.65. The Morgan fingerprint density at radius 1 is 0.833 bits per heavy atom. The van der Waals surface area contributed by atoms with Gasteiger partial charge in [-0.2, -0.15) is 13.2 Å². The molecule has 0 radical (unpaired) electrons. The van der Waals surface area contributed by atoms with E-state index in [0.29, 0.717) is 23.5 Å². The van der Waals surface area contributed by atoms with Gasteiger partial charge in [0.05, 0.1) is 0 Å². The Morgan fingerprint density at radius 2 is 1.33 bits per heavy atom. The maximum atomic E-state index is 14.2. The van der Waals surface area contributed by atoms with E-state index in [2.05, 4.69) is 12.7 Å². The molecule has 0 heterocycles. The number of halogens is 5. The van der Waals surface area contributed by atoms with Gasteiger partial charge < -0.3 is 0 Å². The minimum atomic E-state index is -4.60. The van der Waals surface area contributed by atoms with Crippen molar-refractivity contribution in [2.45, 2.75) is 76.3 Å². The summed E-state index contributed by atoms with van der Waals surface area (Å²) in [4.78, 5) is 0. The van der Waals surface area contributed by atoms with Crippen LogP contribution in [0.1, 0.15) is 81.3 Å². The molecular weight excluding hydrogens is 395 g/mol. The quantitative estimate of drug-likeness (QED) is 0.316. The molecule has 0 aliphatic heterocycles. The summed E-state index contributed by atoms with van der Waals surface area (Å²) in [6.45, 7) is 3.90. The molecule has 0 unspecified atom stereocenters. The molecule has 2 aliphatic rings. The highest BCUT2D eigenvalue weighted by atomic mass is 19.4. The van der Waals surface area contributed by atoms with Gasteiger partial charge in [0.2, 0.25) is 0 Å². The summed E-state index contributed by atoms with van der Waals surface area (Å²) in [5.74, 6) is 0.397. The summed E-state index contributed by atoms with van der Waals surface area (Å²) in [7, 11) is 0. The molecule has 2 aliphatic carbocycles. The van der Waals surface area contributed by atoms with Gasteiger partial charge in [-0.3, -0.25) is 0 Å². The molecular formula is C25H31F5. The van der Waals surface area contributed by atoms with E-state index in [4.69, 9.17) is 0 Å². The minimum absolute atomic E-state index is 0.0777. The second-order valence-corrected chi connectivity index (χ2v) is 9.08. The molecule has 1 aromatic rings. The lowest BCUT2D eigenvalue weighted by atomic mass is 9.74. The van der Waals surface area contributed by atoms with E-state index >= 15 is 0 Å². The molecule has 3 rings (SSSR count). The van der Waals surface area contributed by atoms with Crippen LogP contribution in [0.15, 0.2) is 30.9 Å². The van der Waals surface area contributed by atoms with Gasteiger partial charge in [0.1, 0.15) is 11.6 Å². The van der Waals surface area contributed by atoms with Crippen molar-refractivity contribution in [3.8, 4) is 0 Å². The summed E-state index contributed by atoms with van der Waals surface area (Å²) >= 11 is 0. The molecule has 0 N–H and O–H groups in total. The summed E-state index contributed by atoms with van der Waals surface area (Å²) in [6.07, 6.45) is 9.26. The van der Waals surface area contributed by atoms with Crippen molar-refractivity contribution >= 4 is 6.08 Å². The van der Waals surface area contributed by atoms with Crippen molar-refractivity contribution in [2.24, 2.45) is 17.8 Å². The number of benzene rings is 1. The third-order valence-corrected chi connectivity index (χ3v) is 7.07. The van der Waals surface area contributed by atoms with Crippen LogP contribution in [-0.4, -0.2) is 6.18 Å². The highest BCUT2D eigenvalue weighted by Gasteiger charge is 2.26. The molecule has 5 heteroatoms. The molecule has 166 valence electrons. The first-order chi connectivity index (χ1) is 14.2. The molecule has 0 aromatic heterocycles. The van der Waals surface area contributed by atoms with Crippen molar-refractivity contribution in [1.82, 2.24) is 0 Å². The van der Waals surface area contributed by atoms with Crippen LogP contribution in [0.3, 0.4) is 0 Å². The van der Waals surface area contributed by atoms with E-state index in [9.17, 15) is 22.0 Å². The molecule has 0 saturated heterocycles. The fourth-order valence-corrected chi connectivity index (χ4v) is 5.15. The molecule has 2 saturated carbocycles. The first-order valence-corrected chi connectivity index (χ1v) is 11.1. The van der Waals surface area contributed by atoms with Crippen LogP contribution in [0, 0.1) is 29.4 Å². The Kier molecular flexibility index (Phi) is 7.75. The van der Waals surface area contributed by atoms with Gasteiger partial charge in [0.25, 0.3) is 0 Å². The number of hydrogen-bond donors (Lipinski definition) is 0. The van der Waals surface area contributed by atoms with E-state index in [1.807, 2.05) is 0 Å². The molecule has 2 fully saturated rings. The van der Waals surface area contributed by atoms with Gasteiger partial charge in [-0.25, -0.2) is 8.78 Å². The van der Waals surface area contributed by atoms with Crippen LogP contribution in [0.5, 0.6) is 0 Å². The maximum Gasteiger partial charge on any atom is 0.409 e. The average Bonchev–Trinajstić information content (AvgIpc) is 2.71. The van der Waals surface area contributed by atoms with Crippen LogP contribution >= 0.6 is 0 Å². The van der Waals surface area contributed by atoms with Crippen LogP contribution in [0.25, 0.3) is 6.08 Å². The van der Waals surface area contributed by atoms with Crippen molar-refractivity contribution in [3.63, 3.8) is 0 Å². The van der Waals surface area contributed by atoms with Gasteiger partial charge >= 0.3 is 6.18 Å². The second kappa shape index (κ2) is 10.1. The number of hydrogen-bond acceptors (Lipinski definition) is 0. The molecule has 1 aromatic carbocycles. The smallest absolute Gasteiger partial charge is 0.206 e. The van der Waals surface area contributed by atoms with E-state index in [0.717, 1.165) is 31.6 Å². The normalized spacial score (nSPS) is 28.0. The zero-order valence-corrected chi connectivity index (χ0v) is 17.4. The lowest BCUT2D eigenvalue weighted by molar-refractivity contribution is -0.0790. The van der Waals surface area contributed by atoms with Crippen molar-refractivity contribution < 1.29 is 22.0 Å². The van der Waals surface area contributed by atoms with E-state index in [1.165, 1.54) is 50.7 Å². The Bertz CT molecular complexity index is 709. The predicted octanol–water partition coefficient (Wildman–Crippen LogP) is 8.59. The highest BCUT2D eigenvalue weighted by Crippen LogP contribution is 2.40. The molecule has 30 heavy (non-hydrogen) atoms. The largest absolute Gasteiger partial charge is 0.409 e. The second-order valence-electron chi connectivity index (χ2n) is 9.08. The predicted molar refractivity (Wildman–Crippen MR) is 111 cm³/mol. The maximum absolute atomic E-state index is 14.2.